The molecular formula is C13H20N2O2. The quantitative estimate of drug-likeness (QED) is 0.819. The Morgan fingerprint density at radius 2 is 2.12 bits per heavy atom. The van der Waals surface area contributed by atoms with Gasteiger partial charge in [-0.1, -0.05) is 25.4 Å². The zero-order chi connectivity index (χ0) is 12.3. The first-order valence-electron chi connectivity index (χ1n) is 6.44. The Labute approximate surface area is 102 Å². The fourth-order valence-electron chi connectivity index (χ4n) is 2.12. The van der Waals surface area contributed by atoms with Crippen molar-refractivity contribution in [2.45, 2.75) is 46.0 Å². The van der Waals surface area contributed by atoms with Crippen LogP contribution in [0.3, 0.4) is 0 Å². The van der Waals surface area contributed by atoms with Gasteiger partial charge in [0, 0.05) is 18.5 Å². The minimum atomic E-state index is -0.0920. The third kappa shape index (κ3) is 2.87. The van der Waals surface area contributed by atoms with Crippen LogP contribution in [-0.4, -0.2) is 17.6 Å². The number of hydrogen-bond donors (Lipinski definition) is 1. The van der Waals surface area contributed by atoms with Gasteiger partial charge in [0.05, 0.1) is 0 Å². The van der Waals surface area contributed by atoms with Crippen molar-refractivity contribution in [1.82, 2.24) is 10.5 Å². The summed E-state index contributed by atoms with van der Waals surface area (Å²) < 4.78 is 5.28. The molecule has 0 radical (unpaired) electrons. The SMILES string of the molecule is CC(C)CNC(=O)c1noc2c1CCCCC2. The van der Waals surface area contributed by atoms with Gasteiger partial charge in [0.15, 0.2) is 5.69 Å². The maximum absolute atomic E-state index is 12.0. The van der Waals surface area contributed by atoms with Gasteiger partial charge in [-0.05, 0) is 25.2 Å². The molecule has 2 rings (SSSR count). The predicted octanol–water partition coefficient (Wildman–Crippen LogP) is 2.33. The number of rotatable bonds is 3. The summed E-state index contributed by atoms with van der Waals surface area (Å²) in [5.41, 5.74) is 1.53. The number of aromatic nitrogens is 1. The summed E-state index contributed by atoms with van der Waals surface area (Å²) in [6, 6.07) is 0. The first-order valence-corrected chi connectivity index (χ1v) is 6.44. The summed E-state index contributed by atoms with van der Waals surface area (Å²) in [6.07, 6.45) is 5.30. The lowest BCUT2D eigenvalue weighted by atomic mass is 10.1. The summed E-state index contributed by atoms with van der Waals surface area (Å²) in [6.45, 7) is 4.83. The molecule has 0 spiro atoms. The van der Waals surface area contributed by atoms with Gasteiger partial charge in [0.25, 0.3) is 5.91 Å². The molecule has 0 saturated carbocycles. The first-order chi connectivity index (χ1) is 8.18. The molecule has 1 aliphatic carbocycles. The monoisotopic (exact) mass is 236 g/mol. The minimum Gasteiger partial charge on any atom is -0.360 e. The van der Waals surface area contributed by atoms with E-state index in [-0.39, 0.29) is 5.91 Å². The Bertz CT molecular complexity index is 396. The molecule has 0 atom stereocenters. The number of hydrogen-bond acceptors (Lipinski definition) is 3. The predicted molar refractivity (Wildman–Crippen MR) is 64.9 cm³/mol. The molecule has 1 amide bonds. The fourth-order valence-corrected chi connectivity index (χ4v) is 2.12. The summed E-state index contributed by atoms with van der Waals surface area (Å²) in [7, 11) is 0. The van der Waals surface area contributed by atoms with E-state index in [0.717, 1.165) is 37.0 Å². The van der Waals surface area contributed by atoms with Crippen molar-refractivity contribution in [2.75, 3.05) is 6.54 Å². The van der Waals surface area contributed by atoms with E-state index in [1.165, 1.54) is 6.42 Å². The normalized spacial score (nSPS) is 15.5. The second kappa shape index (κ2) is 5.34. The van der Waals surface area contributed by atoms with E-state index in [9.17, 15) is 4.79 Å². The lowest BCUT2D eigenvalue weighted by molar-refractivity contribution is 0.0939. The maximum atomic E-state index is 12.0. The van der Waals surface area contributed by atoms with E-state index in [4.69, 9.17) is 4.52 Å². The summed E-state index contributed by atoms with van der Waals surface area (Å²) in [5.74, 6) is 1.27. The Morgan fingerprint density at radius 1 is 1.35 bits per heavy atom. The number of fused-ring (bicyclic) bond motifs is 1. The third-order valence-corrected chi connectivity index (χ3v) is 3.09. The van der Waals surface area contributed by atoms with Crippen molar-refractivity contribution in [3.63, 3.8) is 0 Å². The molecule has 1 aromatic heterocycles. The third-order valence-electron chi connectivity index (χ3n) is 3.09. The standard InChI is InChI=1S/C13H20N2O2/c1-9(2)8-14-13(16)12-10-6-4-3-5-7-11(10)17-15-12/h9H,3-8H2,1-2H3,(H,14,16). The highest BCUT2D eigenvalue weighted by molar-refractivity contribution is 5.93. The molecule has 17 heavy (non-hydrogen) atoms. The Hall–Kier alpha value is -1.32. The van der Waals surface area contributed by atoms with E-state index in [1.54, 1.807) is 0 Å². The van der Waals surface area contributed by atoms with Crippen LogP contribution >= 0.6 is 0 Å². The van der Waals surface area contributed by atoms with Crippen LogP contribution in [-0.2, 0) is 12.8 Å². The number of carbonyl (C=O) groups is 1. The average Bonchev–Trinajstić information content (AvgIpc) is 2.55. The highest BCUT2D eigenvalue weighted by Crippen LogP contribution is 2.23. The number of nitrogens with one attached hydrogen (secondary N) is 1. The van der Waals surface area contributed by atoms with Crippen LogP contribution < -0.4 is 5.32 Å². The molecule has 1 aliphatic rings. The second-order valence-corrected chi connectivity index (χ2v) is 5.10. The Balaban J connectivity index is 2.10. The Morgan fingerprint density at radius 3 is 2.88 bits per heavy atom. The van der Waals surface area contributed by atoms with Crippen LogP contribution in [0.15, 0.2) is 4.52 Å². The van der Waals surface area contributed by atoms with Crippen LogP contribution in [0.1, 0.15) is 54.9 Å². The fraction of sp³-hybridized carbons (Fsp3) is 0.692. The number of aryl methyl sites for hydroxylation is 1. The van der Waals surface area contributed by atoms with Crippen LogP contribution in [0.4, 0.5) is 0 Å². The molecule has 94 valence electrons. The lowest BCUT2D eigenvalue weighted by Crippen LogP contribution is -2.28. The van der Waals surface area contributed by atoms with Crippen molar-refractivity contribution in [1.29, 1.82) is 0 Å². The van der Waals surface area contributed by atoms with Crippen molar-refractivity contribution in [3.05, 3.63) is 17.0 Å². The molecule has 1 aromatic rings. The molecule has 1 N–H and O–H groups in total. The van der Waals surface area contributed by atoms with E-state index >= 15 is 0 Å². The highest BCUT2D eigenvalue weighted by Gasteiger charge is 2.22. The zero-order valence-corrected chi connectivity index (χ0v) is 10.6. The minimum absolute atomic E-state index is 0.0920. The van der Waals surface area contributed by atoms with E-state index in [2.05, 4.69) is 24.3 Å². The van der Waals surface area contributed by atoms with Gasteiger partial charge in [-0.3, -0.25) is 4.79 Å². The summed E-state index contributed by atoms with van der Waals surface area (Å²) >= 11 is 0. The zero-order valence-electron chi connectivity index (χ0n) is 10.6. The molecule has 4 nitrogen and oxygen atoms in total. The maximum Gasteiger partial charge on any atom is 0.273 e. The van der Waals surface area contributed by atoms with Crippen LogP contribution in [0, 0.1) is 5.92 Å². The molecule has 0 unspecified atom stereocenters. The van der Waals surface area contributed by atoms with E-state index in [0.29, 0.717) is 18.2 Å². The van der Waals surface area contributed by atoms with Gasteiger partial charge in [-0.15, -0.1) is 0 Å². The second-order valence-electron chi connectivity index (χ2n) is 5.10. The van der Waals surface area contributed by atoms with Gasteiger partial charge in [0.1, 0.15) is 5.76 Å². The van der Waals surface area contributed by atoms with Crippen LogP contribution in [0.2, 0.25) is 0 Å². The first kappa shape index (κ1) is 12.1. The molecule has 1 heterocycles. The van der Waals surface area contributed by atoms with Crippen LogP contribution in [0.25, 0.3) is 0 Å². The van der Waals surface area contributed by atoms with Crippen molar-refractivity contribution < 1.29 is 9.32 Å². The van der Waals surface area contributed by atoms with E-state index in [1.807, 2.05) is 0 Å². The van der Waals surface area contributed by atoms with Gasteiger partial charge >= 0.3 is 0 Å². The van der Waals surface area contributed by atoms with Crippen LogP contribution in [0.5, 0.6) is 0 Å². The van der Waals surface area contributed by atoms with Crippen molar-refractivity contribution >= 4 is 5.91 Å². The number of amides is 1. The molecule has 0 aliphatic heterocycles. The van der Waals surface area contributed by atoms with Gasteiger partial charge < -0.3 is 9.84 Å². The van der Waals surface area contributed by atoms with Gasteiger partial charge in [-0.2, -0.15) is 0 Å². The number of nitrogens with zero attached hydrogens (tertiary/aromatic N) is 1. The lowest BCUT2D eigenvalue weighted by Gasteiger charge is -2.06. The summed E-state index contributed by atoms with van der Waals surface area (Å²) in [5, 5.41) is 6.82. The van der Waals surface area contributed by atoms with Crippen molar-refractivity contribution in [2.24, 2.45) is 5.92 Å². The topological polar surface area (TPSA) is 55.1 Å². The van der Waals surface area contributed by atoms with E-state index < -0.39 is 0 Å². The molecule has 0 bridgehead atoms. The van der Waals surface area contributed by atoms with Gasteiger partial charge in [-0.25, -0.2) is 0 Å². The Kier molecular flexibility index (Phi) is 3.82. The smallest absolute Gasteiger partial charge is 0.273 e. The molecule has 0 fully saturated rings. The van der Waals surface area contributed by atoms with Crippen molar-refractivity contribution in [3.8, 4) is 0 Å². The average molecular weight is 236 g/mol. The highest BCUT2D eigenvalue weighted by atomic mass is 16.5. The molecule has 0 saturated heterocycles. The summed E-state index contributed by atoms with van der Waals surface area (Å²) in [4.78, 5) is 12.0. The molecular weight excluding hydrogens is 216 g/mol. The largest absolute Gasteiger partial charge is 0.360 e. The molecule has 4 heteroatoms. The number of carbonyl (C=O) groups excluding carboxylic acids is 1. The van der Waals surface area contributed by atoms with Gasteiger partial charge in [0.2, 0.25) is 0 Å². The molecule has 0 aromatic carbocycles.